The van der Waals surface area contributed by atoms with E-state index < -0.39 is 0 Å². The third-order valence-electron chi connectivity index (χ3n) is 3.02. The molecule has 2 heteroatoms. The van der Waals surface area contributed by atoms with E-state index in [2.05, 4.69) is 11.5 Å². The predicted octanol–water partition coefficient (Wildman–Crippen LogP) is 1.28. The third kappa shape index (κ3) is 1.54. The number of fused-ring (bicyclic) bond motifs is 3. The summed E-state index contributed by atoms with van der Waals surface area (Å²) < 4.78 is 5.71. The van der Waals surface area contributed by atoms with Crippen LogP contribution in [-0.2, 0) is 4.74 Å². The Morgan fingerprint density at radius 1 is 1.42 bits per heavy atom. The van der Waals surface area contributed by atoms with Crippen LogP contribution in [0.15, 0.2) is 12.7 Å². The van der Waals surface area contributed by atoms with E-state index >= 15 is 0 Å². The second-order valence-electron chi connectivity index (χ2n) is 3.80. The number of hydrogen-bond acceptors (Lipinski definition) is 2. The highest BCUT2D eigenvalue weighted by molar-refractivity contribution is 4.87. The van der Waals surface area contributed by atoms with Crippen molar-refractivity contribution in [2.75, 3.05) is 26.2 Å². The summed E-state index contributed by atoms with van der Waals surface area (Å²) in [5.41, 5.74) is 0. The molecule has 0 aromatic carbocycles. The SMILES string of the molecule is C=CCOC1CN2CCC1CC2. The van der Waals surface area contributed by atoms with Crippen molar-refractivity contribution in [1.82, 2.24) is 4.90 Å². The number of ether oxygens (including phenoxy) is 1. The molecular weight excluding hydrogens is 150 g/mol. The van der Waals surface area contributed by atoms with Crippen LogP contribution < -0.4 is 0 Å². The highest BCUT2D eigenvalue weighted by atomic mass is 16.5. The molecule has 2 nitrogen and oxygen atoms in total. The van der Waals surface area contributed by atoms with Crippen molar-refractivity contribution in [3.8, 4) is 0 Å². The fourth-order valence-electron chi connectivity index (χ4n) is 2.29. The second kappa shape index (κ2) is 3.58. The zero-order valence-electron chi connectivity index (χ0n) is 7.54. The van der Waals surface area contributed by atoms with Gasteiger partial charge in [-0.15, -0.1) is 6.58 Å². The van der Waals surface area contributed by atoms with E-state index in [0.717, 1.165) is 19.1 Å². The lowest BCUT2D eigenvalue weighted by Gasteiger charge is -2.44. The molecule has 0 saturated carbocycles. The zero-order valence-corrected chi connectivity index (χ0v) is 7.54. The van der Waals surface area contributed by atoms with Gasteiger partial charge in [-0.25, -0.2) is 0 Å². The summed E-state index contributed by atoms with van der Waals surface area (Å²) in [7, 11) is 0. The van der Waals surface area contributed by atoms with Crippen LogP contribution in [0.3, 0.4) is 0 Å². The molecule has 12 heavy (non-hydrogen) atoms. The molecule has 0 aromatic rings. The minimum Gasteiger partial charge on any atom is -0.373 e. The first-order valence-electron chi connectivity index (χ1n) is 4.85. The van der Waals surface area contributed by atoms with Gasteiger partial charge in [0.05, 0.1) is 12.7 Å². The molecule has 3 fully saturated rings. The van der Waals surface area contributed by atoms with Gasteiger partial charge in [-0.05, 0) is 31.8 Å². The van der Waals surface area contributed by atoms with Gasteiger partial charge >= 0.3 is 0 Å². The summed E-state index contributed by atoms with van der Waals surface area (Å²) in [6.07, 6.45) is 5.01. The first-order chi connectivity index (χ1) is 5.90. The number of hydrogen-bond donors (Lipinski definition) is 0. The van der Waals surface area contributed by atoms with Crippen LogP contribution in [0, 0.1) is 5.92 Å². The molecule has 0 aromatic heterocycles. The molecule has 2 bridgehead atoms. The normalized spacial score (nSPS) is 39.8. The van der Waals surface area contributed by atoms with Gasteiger partial charge in [0.1, 0.15) is 0 Å². The number of rotatable bonds is 3. The molecule has 0 spiro atoms. The van der Waals surface area contributed by atoms with Gasteiger partial charge in [-0.2, -0.15) is 0 Å². The van der Waals surface area contributed by atoms with Gasteiger partial charge in [-0.1, -0.05) is 6.08 Å². The lowest BCUT2D eigenvalue weighted by Crippen LogP contribution is -2.51. The van der Waals surface area contributed by atoms with Crippen molar-refractivity contribution in [3.05, 3.63) is 12.7 Å². The van der Waals surface area contributed by atoms with Crippen molar-refractivity contribution in [1.29, 1.82) is 0 Å². The lowest BCUT2D eigenvalue weighted by molar-refractivity contribution is -0.0603. The van der Waals surface area contributed by atoms with Gasteiger partial charge in [-0.3, -0.25) is 0 Å². The topological polar surface area (TPSA) is 12.5 Å². The summed E-state index contributed by atoms with van der Waals surface area (Å²) in [6.45, 7) is 8.12. The molecule has 3 rings (SSSR count). The Morgan fingerprint density at radius 3 is 2.67 bits per heavy atom. The molecule has 0 aliphatic carbocycles. The van der Waals surface area contributed by atoms with Crippen LogP contribution in [0.2, 0.25) is 0 Å². The number of piperidine rings is 3. The summed E-state index contributed by atoms with van der Waals surface area (Å²) >= 11 is 0. The first-order valence-corrected chi connectivity index (χ1v) is 4.85. The van der Waals surface area contributed by atoms with Crippen LogP contribution in [-0.4, -0.2) is 37.2 Å². The van der Waals surface area contributed by atoms with Crippen molar-refractivity contribution in [2.45, 2.75) is 18.9 Å². The Balaban J connectivity index is 1.86. The summed E-state index contributed by atoms with van der Waals surface area (Å²) in [5, 5.41) is 0. The van der Waals surface area contributed by atoms with Crippen LogP contribution in [0.25, 0.3) is 0 Å². The highest BCUT2D eigenvalue weighted by Gasteiger charge is 2.34. The van der Waals surface area contributed by atoms with E-state index in [0.29, 0.717) is 6.10 Å². The van der Waals surface area contributed by atoms with E-state index in [4.69, 9.17) is 4.74 Å². The fourth-order valence-corrected chi connectivity index (χ4v) is 2.29. The lowest BCUT2D eigenvalue weighted by atomic mass is 9.86. The largest absolute Gasteiger partial charge is 0.373 e. The molecule has 3 aliphatic heterocycles. The second-order valence-corrected chi connectivity index (χ2v) is 3.80. The van der Waals surface area contributed by atoms with Gasteiger partial charge < -0.3 is 9.64 Å². The maximum absolute atomic E-state index is 5.71. The molecular formula is C10H17NO. The van der Waals surface area contributed by atoms with Gasteiger partial charge in [0.15, 0.2) is 0 Å². The van der Waals surface area contributed by atoms with Crippen LogP contribution in [0.1, 0.15) is 12.8 Å². The molecule has 3 saturated heterocycles. The van der Waals surface area contributed by atoms with Crippen LogP contribution in [0.5, 0.6) is 0 Å². The Hall–Kier alpha value is -0.340. The average Bonchev–Trinajstić information content (AvgIpc) is 2.17. The minimum absolute atomic E-state index is 0.491. The van der Waals surface area contributed by atoms with Gasteiger partial charge in [0.2, 0.25) is 0 Å². The van der Waals surface area contributed by atoms with E-state index in [9.17, 15) is 0 Å². The van der Waals surface area contributed by atoms with Crippen molar-refractivity contribution < 1.29 is 4.74 Å². The fraction of sp³-hybridized carbons (Fsp3) is 0.800. The minimum atomic E-state index is 0.491. The molecule has 3 aliphatic rings. The predicted molar refractivity (Wildman–Crippen MR) is 49.1 cm³/mol. The molecule has 3 heterocycles. The first kappa shape index (κ1) is 8.27. The Bertz CT molecular complexity index is 161. The molecule has 0 N–H and O–H groups in total. The van der Waals surface area contributed by atoms with Crippen LogP contribution >= 0.6 is 0 Å². The monoisotopic (exact) mass is 167 g/mol. The van der Waals surface area contributed by atoms with Gasteiger partial charge in [0.25, 0.3) is 0 Å². The molecule has 1 atom stereocenters. The number of nitrogens with zero attached hydrogens (tertiary/aromatic N) is 1. The third-order valence-corrected chi connectivity index (χ3v) is 3.02. The van der Waals surface area contributed by atoms with E-state index in [1.807, 2.05) is 6.08 Å². The summed E-state index contributed by atoms with van der Waals surface area (Å²) in [6, 6.07) is 0. The summed E-state index contributed by atoms with van der Waals surface area (Å²) in [5.74, 6) is 0.829. The van der Waals surface area contributed by atoms with Gasteiger partial charge in [0, 0.05) is 6.54 Å². The average molecular weight is 167 g/mol. The smallest absolute Gasteiger partial charge is 0.0735 e. The maximum Gasteiger partial charge on any atom is 0.0735 e. The molecule has 1 unspecified atom stereocenters. The Kier molecular flexibility index (Phi) is 2.47. The standard InChI is InChI=1S/C10H17NO/c1-2-7-12-10-8-11-5-3-9(10)4-6-11/h2,9-10H,1,3-8H2. The van der Waals surface area contributed by atoms with E-state index in [-0.39, 0.29) is 0 Å². The maximum atomic E-state index is 5.71. The molecule has 0 amide bonds. The van der Waals surface area contributed by atoms with E-state index in [1.54, 1.807) is 0 Å². The van der Waals surface area contributed by atoms with E-state index in [1.165, 1.54) is 25.9 Å². The zero-order chi connectivity index (χ0) is 8.39. The quantitative estimate of drug-likeness (QED) is 0.587. The summed E-state index contributed by atoms with van der Waals surface area (Å²) in [4.78, 5) is 2.51. The van der Waals surface area contributed by atoms with Crippen LogP contribution in [0.4, 0.5) is 0 Å². The molecule has 68 valence electrons. The Labute approximate surface area is 74.2 Å². The highest BCUT2D eigenvalue weighted by Crippen LogP contribution is 2.29. The van der Waals surface area contributed by atoms with Crippen molar-refractivity contribution >= 4 is 0 Å². The Morgan fingerprint density at radius 2 is 2.17 bits per heavy atom. The van der Waals surface area contributed by atoms with Crippen molar-refractivity contribution in [3.63, 3.8) is 0 Å². The molecule has 0 radical (unpaired) electrons. The van der Waals surface area contributed by atoms with Crippen molar-refractivity contribution in [2.24, 2.45) is 5.92 Å².